The number of hydrogen-bond donors (Lipinski definition) is 2. The van der Waals surface area contributed by atoms with Gasteiger partial charge in [-0.2, -0.15) is 0 Å². The van der Waals surface area contributed by atoms with Crippen LogP contribution in [-0.2, 0) is 15.6 Å². The van der Waals surface area contributed by atoms with Crippen LogP contribution in [0.1, 0.15) is 32.3 Å². The number of rotatable bonds is 6. The van der Waals surface area contributed by atoms with Crippen LogP contribution in [-0.4, -0.2) is 21.9 Å². The average molecular weight is 282 g/mol. The molecule has 0 aliphatic rings. The van der Waals surface area contributed by atoms with Gasteiger partial charge in [0.05, 0.1) is 10.8 Å². The van der Waals surface area contributed by atoms with E-state index in [-0.39, 0.29) is 17.7 Å². The summed E-state index contributed by atoms with van der Waals surface area (Å²) in [6.45, 7) is 5.91. The third kappa shape index (κ3) is 4.67. The third-order valence-electron chi connectivity index (χ3n) is 3.07. The maximum Gasteiger partial charge on any atom is 0.233 e. The molecule has 0 aromatic heterocycles. The number of anilines is 1. The van der Waals surface area contributed by atoms with Gasteiger partial charge >= 0.3 is 0 Å². The number of aryl methyl sites for hydroxylation is 1. The molecule has 106 valence electrons. The molecule has 0 radical (unpaired) electrons. The topological polar surface area (TPSA) is 72.2 Å². The first kappa shape index (κ1) is 15.7. The molecule has 0 bridgehead atoms. The van der Waals surface area contributed by atoms with Gasteiger partial charge in [0.25, 0.3) is 0 Å². The van der Waals surface area contributed by atoms with E-state index in [9.17, 15) is 9.00 Å². The summed E-state index contributed by atoms with van der Waals surface area (Å²) in [6.07, 6.45) is 1.76. The molecule has 19 heavy (non-hydrogen) atoms. The molecule has 0 aliphatic heterocycles. The van der Waals surface area contributed by atoms with Crippen LogP contribution >= 0.6 is 0 Å². The molecule has 1 aromatic rings. The Morgan fingerprint density at radius 3 is 2.58 bits per heavy atom. The largest absolute Gasteiger partial charge is 0.399 e. The summed E-state index contributed by atoms with van der Waals surface area (Å²) in [5, 5.41) is 2.89. The molecule has 1 amide bonds. The molecule has 5 heteroatoms. The van der Waals surface area contributed by atoms with Crippen LogP contribution in [0.15, 0.2) is 23.1 Å². The minimum Gasteiger partial charge on any atom is -0.399 e. The Morgan fingerprint density at radius 1 is 1.37 bits per heavy atom. The van der Waals surface area contributed by atoms with E-state index in [2.05, 4.69) is 5.32 Å². The number of nitrogens with two attached hydrogens (primary N) is 1. The molecule has 1 rings (SSSR count). The predicted octanol–water partition coefficient (Wildman–Crippen LogP) is 1.99. The van der Waals surface area contributed by atoms with Gasteiger partial charge in [0, 0.05) is 16.6 Å². The zero-order chi connectivity index (χ0) is 14.4. The summed E-state index contributed by atoms with van der Waals surface area (Å²) < 4.78 is 12.2. The lowest BCUT2D eigenvalue weighted by molar-refractivity contribution is -0.119. The monoisotopic (exact) mass is 282 g/mol. The molecule has 0 saturated carbocycles. The highest BCUT2D eigenvalue weighted by Gasteiger charge is 2.14. The molecule has 4 nitrogen and oxygen atoms in total. The average Bonchev–Trinajstić information content (AvgIpc) is 2.38. The fourth-order valence-corrected chi connectivity index (χ4v) is 2.99. The van der Waals surface area contributed by atoms with E-state index in [0.717, 1.165) is 18.4 Å². The van der Waals surface area contributed by atoms with Crippen molar-refractivity contribution in [2.45, 2.75) is 44.6 Å². The smallest absolute Gasteiger partial charge is 0.233 e. The number of hydrogen-bond acceptors (Lipinski definition) is 3. The number of benzene rings is 1. The summed E-state index contributed by atoms with van der Waals surface area (Å²) in [5.41, 5.74) is 7.14. The summed E-state index contributed by atoms with van der Waals surface area (Å²) in [6, 6.07) is 5.42. The lowest BCUT2D eigenvalue weighted by atomic mass is 10.2. The van der Waals surface area contributed by atoms with Crippen molar-refractivity contribution in [3.63, 3.8) is 0 Å². The Morgan fingerprint density at radius 2 is 2.00 bits per heavy atom. The Balaban J connectivity index is 2.69. The predicted molar refractivity (Wildman–Crippen MR) is 79.4 cm³/mol. The van der Waals surface area contributed by atoms with Crippen LogP contribution in [0.25, 0.3) is 0 Å². The van der Waals surface area contributed by atoms with Crippen LogP contribution in [0, 0.1) is 6.92 Å². The zero-order valence-corrected chi connectivity index (χ0v) is 12.5. The van der Waals surface area contributed by atoms with Crippen LogP contribution in [0.3, 0.4) is 0 Å². The Bertz CT molecular complexity index is 471. The molecular formula is C14H22N2O2S. The Labute approximate surface area is 117 Å². The molecular weight excluding hydrogens is 260 g/mol. The Kier molecular flexibility index (Phi) is 6.02. The van der Waals surface area contributed by atoms with Gasteiger partial charge in [-0.25, -0.2) is 0 Å². The summed E-state index contributed by atoms with van der Waals surface area (Å²) in [4.78, 5) is 12.5. The number of nitrogens with one attached hydrogen (secondary N) is 1. The van der Waals surface area contributed by atoms with Gasteiger partial charge in [-0.15, -0.1) is 0 Å². The molecule has 0 fully saturated rings. The normalized spacial score (nSPS) is 12.4. The summed E-state index contributed by atoms with van der Waals surface area (Å²) in [7, 11) is -1.35. The van der Waals surface area contributed by atoms with E-state index in [1.165, 1.54) is 0 Å². The summed E-state index contributed by atoms with van der Waals surface area (Å²) in [5.74, 6) is -0.185. The molecule has 1 unspecified atom stereocenters. The maximum absolute atomic E-state index is 12.2. The van der Waals surface area contributed by atoms with E-state index in [1.807, 2.05) is 26.8 Å². The second-order valence-corrected chi connectivity index (χ2v) is 6.02. The molecule has 3 N–H and O–H groups in total. The fourth-order valence-electron chi connectivity index (χ4n) is 1.82. The minimum absolute atomic E-state index is 0.0131. The van der Waals surface area contributed by atoms with Gasteiger partial charge in [-0.1, -0.05) is 19.9 Å². The molecule has 1 aromatic carbocycles. The van der Waals surface area contributed by atoms with E-state index >= 15 is 0 Å². The minimum atomic E-state index is -1.35. The number of nitrogen functional groups attached to an aromatic ring is 1. The fraction of sp³-hybridized carbons (Fsp3) is 0.500. The second kappa shape index (κ2) is 7.28. The first-order valence-corrected chi connectivity index (χ1v) is 7.83. The highest BCUT2D eigenvalue weighted by atomic mass is 32.2. The molecule has 1 atom stereocenters. The van der Waals surface area contributed by atoms with Crippen LogP contribution < -0.4 is 11.1 Å². The van der Waals surface area contributed by atoms with Crippen LogP contribution in [0.4, 0.5) is 5.69 Å². The van der Waals surface area contributed by atoms with Crippen molar-refractivity contribution in [3.05, 3.63) is 23.8 Å². The van der Waals surface area contributed by atoms with Gasteiger partial charge < -0.3 is 11.1 Å². The van der Waals surface area contributed by atoms with Crippen molar-refractivity contribution in [1.82, 2.24) is 5.32 Å². The van der Waals surface area contributed by atoms with Gasteiger partial charge in [0.2, 0.25) is 5.91 Å². The first-order valence-electron chi connectivity index (χ1n) is 6.51. The lowest BCUT2D eigenvalue weighted by Crippen LogP contribution is -2.36. The van der Waals surface area contributed by atoms with E-state index < -0.39 is 10.8 Å². The highest BCUT2D eigenvalue weighted by Crippen LogP contribution is 2.16. The van der Waals surface area contributed by atoms with Crippen molar-refractivity contribution in [1.29, 1.82) is 0 Å². The van der Waals surface area contributed by atoms with Crippen LogP contribution in [0.2, 0.25) is 0 Å². The zero-order valence-electron chi connectivity index (χ0n) is 11.7. The molecule has 0 aliphatic carbocycles. The quantitative estimate of drug-likeness (QED) is 0.784. The van der Waals surface area contributed by atoms with Crippen molar-refractivity contribution in [2.24, 2.45) is 0 Å². The van der Waals surface area contributed by atoms with Gasteiger partial charge in [-0.05, 0) is 37.5 Å². The lowest BCUT2D eigenvalue weighted by Gasteiger charge is -2.14. The van der Waals surface area contributed by atoms with E-state index in [1.54, 1.807) is 12.1 Å². The SMILES string of the molecule is CCC(CC)NC(=O)CS(=O)c1cc(N)ccc1C. The van der Waals surface area contributed by atoms with Crippen LogP contribution in [0.5, 0.6) is 0 Å². The van der Waals surface area contributed by atoms with E-state index in [0.29, 0.717) is 10.6 Å². The van der Waals surface area contributed by atoms with Crippen molar-refractivity contribution >= 4 is 22.4 Å². The third-order valence-corrected chi connectivity index (χ3v) is 4.53. The van der Waals surface area contributed by atoms with Crippen molar-refractivity contribution < 1.29 is 9.00 Å². The molecule has 0 saturated heterocycles. The van der Waals surface area contributed by atoms with Gasteiger partial charge in [0.1, 0.15) is 5.75 Å². The Hall–Kier alpha value is -1.36. The first-order chi connectivity index (χ1) is 8.97. The summed E-state index contributed by atoms with van der Waals surface area (Å²) >= 11 is 0. The van der Waals surface area contributed by atoms with Gasteiger partial charge in [0.15, 0.2) is 0 Å². The number of amides is 1. The molecule has 0 heterocycles. The standard InChI is InChI=1S/C14H22N2O2S/c1-4-12(5-2)16-14(17)9-19(18)13-8-11(15)7-6-10(13)3/h6-8,12H,4-5,9,15H2,1-3H3,(H,16,17). The number of carbonyl (C=O) groups is 1. The second-order valence-electron chi connectivity index (χ2n) is 4.60. The van der Waals surface area contributed by atoms with E-state index in [4.69, 9.17) is 5.73 Å². The highest BCUT2D eigenvalue weighted by molar-refractivity contribution is 7.85. The number of carbonyl (C=O) groups excluding carboxylic acids is 1. The van der Waals surface area contributed by atoms with Gasteiger partial charge in [-0.3, -0.25) is 9.00 Å². The maximum atomic E-state index is 12.2. The van der Waals surface area contributed by atoms with Crippen molar-refractivity contribution in [3.8, 4) is 0 Å². The molecule has 0 spiro atoms. The van der Waals surface area contributed by atoms with Crippen molar-refractivity contribution in [2.75, 3.05) is 11.5 Å².